The number of carbonyl (C=O) groups excluding carboxylic acids is 2. The second-order valence-electron chi connectivity index (χ2n) is 5.76. The highest BCUT2D eigenvalue weighted by molar-refractivity contribution is 5.97. The van der Waals surface area contributed by atoms with Gasteiger partial charge in [-0.25, -0.2) is 9.18 Å². The highest BCUT2D eigenvalue weighted by Gasteiger charge is 2.67. The first-order valence-corrected chi connectivity index (χ1v) is 8.25. The van der Waals surface area contributed by atoms with Gasteiger partial charge in [-0.15, -0.1) is 0 Å². The van der Waals surface area contributed by atoms with Crippen molar-refractivity contribution in [2.75, 3.05) is 6.61 Å². The van der Waals surface area contributed by atoms with E-state index in [2.05, 4.69) is 9.72 Å². The van der Waals surface area contributed by atoms with Gasteiger partial charge in [0.05, 0.1) is 12.2 Å². The fourth-order valence-electron chi connectivity index (χ4n) is 2.37. The van der Waals surface area contributed by atoms with Crippen molar-refractivity contribution in [1.29, 1.82) is 0 Å². The summed E-state index contributed by atoms with van der Waals surface area (Å²) in [5.74, 6) is -3.36. The van der Waals surface area contributed by atoms with Crippen LogP contribution in [0.3, 0.4) is 0 Å². The van der Waals surface area contributed by atoms with Gasteiger partial charge in [0.15, 0.2) is 0 Å². The number of rotatable bonds is 7. The van der Waals surface area contributed by atoms with Crippen molar-refractivity contribution in [1.82, 2.24) is 10.3 Å². The Morgan fingerprint density at radius 3 is 2.39 bits per heavy atom. The Bertz CT molecular complexity index is 813. The quantitative estimate of drug-likeness (QED) is 0.420. The van der Waals surface area contributed by atoms with Crippen LogP contribution in [-0.4, -0.2) is 35.3 Å². The third kappa shape index (κ3) is 4.83. The van der Waals surface area contributed by atoms with Gasteiger partial charge in [0, 0.05) is 18.0 Å². The van der Waals surface area contributed by atoms with Crippen LogP contribution in [-0.2, 0) is 16.1 Å². The zero-order chi connectivity index (χ0) is 20.8. The van der Waals surface area contributed by atoms with Gasteiger partial charge in [-0.1, -0.05) is 12.1 Å². The summed E-state index contributed by atoms with van der Waals surface area (Å²) in [7, 11) is 0. The smallest absolute Gasteiger partial charge is 0.460 e. The van der Waals surface area contributed by atoms with Crippen LogP contribution < -0.4 is 10.6 Å². The number of amides is 1. The molecule has 0 saturated carbocycles. The van der Waals surface area contributed by atoms with Crippen LogP contribution in [0.2, 0.25) is 0 Å². The normalized spacial score (nSPS) is 13.5. The predicted octanol–water partition coefficient (Wildman–Crippen LogP) is 1.54. The Hall–Kier alpha value is -3.01. The number of hydrogen-bond acceptors (Lipinski definition) is 4. The van der Waals surface area contributed by atoms with Gasteiger partial charge < -0.3 is 10.1 Å². The van der Waals surface area contributed by atoms with E-state index >= 15 is 0 Å². The largest absolute Gasteiger partial charge is 0.478 e. The summed E-state index contributed by atoms with van der Waals surface area (Å²) in [6.07, 6.45) is -2.77. The van der Waals surface area contributed by atoms with Crippen molar-refractivity contribution in [2.24, 2.45) is 0 Å². The number of alkyl halides is 3. The average molecular weight is 400 g/mol. The molecule has 3 N–H and O–H groups in total. The number of pyridine rings is 1. The molecule has 1 aromatic heterocycles. The average Bonchev–Trinajstić information content (AvgIpc) is 2.66. The lowest BCUT2D eigenvalue weighted by Gasteiger charge is -2.31. The summed E-state index contributed by atoms with van der Waals surface area (Å²) in [6.45, 7) is 0.664. The van der Waals surface area contributed by atoms with Gasteiger partial charge in [0.1, 0.15) is 12.4 Å². The molecule has 2 aromatic rings. The van der Waals surface area contributed by atoms with E-state index < -0.39 is 29.5 Å². The Balaban J connectivity index is 2.37. The summed E-state index contributed by atoms with van der Waals surface area (Å²) >= 11 is 0. The molecule has 1 amide bonds. The second-order valence-corrected chi connectivity index (χ2v) is 5.76. The van der Waals surface area contributed by atoms with Crippen LogP contribution in [0.25, 0.3) is 0 Å². The number of nitrogens with two attached hydrogens (primary N) is 1. The zero-order valence-corrected chi connectivity index (χ0v) is 14.8. The van der Waals surface area contributed by atoms with Crippen molar-refractivity contribution in [2.45, 2.75) is 25.3 Å². The molecule has 0 unspecified atom stereocenters. The number of benzene rings is 1. The third-order valence-electron chi connectivity index (χ3n) is 3.84. The topological polar surface area (TPSA) is 84.9 Å². The summed E-state index contributed by atoms with van der Waals surface area (Å²) in [5, 5.41) is 2.35. The van der Waals surface area contributed by atoms with Crippen LogP contribution >= 0.6 is 0 Å². The number of nitrogens with zero attached hydrogens (tertiary/aromatic N) is 1. The molecular formula is C18H18F4N3O3+. The van der Waals surface area contributed by atoms with E-state index in [0.717, 1.165) is 18.3 Å². The molecular weight excluding hydrogens is 382 g/mol. The highest BCUT2D eigenvalue weighted by atomic mass is 19.4. The Morgan fingerprint density at radius 2 is 1.86 bits per heavy atom. The van der Waals surface area contributed by atoms with Crippen molar-refractivity contribution < 1.29 is 37.2 Å². The van der Waals surface area contributed by atoms with Gasteiger partial charge >= 0.3 is 17.8 Å². The third-order valence-corrected chi connectivity index (χ3v) is 3.84. The summed E-state index contributed by atoms with van der Waals surface area (Å²) in [5.41, 5.74) is -3.23. The van der Waals surface area contributed by atoms with Crippen LogP contribution in [0.15, 0.2) is 48.8 Å². The number of nitrogens with one attached hydrogen (secondary N) is 1. The van der Waals surface area contributed by atoms with Gasteiger partial charge in [0.2, 0.25) is 0 Å². The van der Waals surface area contributed by atoms with Crippen LogP contribution in [0.4, 0.5) is 17.6 Å². The van der Waals surface area contributed by atoms with E-state index in [1.165, 1.54) is 37.4 Å². The number of hydrogen-bond donors (Lipinski definition) is 2. The van der Waals surface area contributed by atoms with E-state index in [-0.39, 0.29) is 18.7 Å². The second kappa shape index (κ2) is 8.79. The number of ether oxygens (including phenoxy) is 1. The molecule has 0 aliphatic heterocycles. The zero-order valence-electron chi connectivity index (χ0n) is 14.8. The Labute approximate surface area is 157 Å². The van der Waals surface area contributed by atoms with Crippen molar-refractivity contribution in [3.05, 3.63) is 65.7 Å². The van der Waals surface area contributed by atoms with Crippen molar-refractivity contribution in [3.8, 4) is 0 Å². The molecule has 1 aromatic carbocycles. The number of esters is 1. The first-order chi connectivity index (χ1) is 13.2. The van der Waals surface area contributed by atoms with Crippen molar-refractivity contribution in [3.63, 3.8) is 0 Å². The van der Waals surface area contributed by atoms with E-state index in [1.54, 1.807) is 5.32 Å². The maximum atomic E-state index is 14.0. The first kappa shape index (κ1) is 21.3. The van der Waals surface area contributed by atoms with Crippen LogP contribution in [0, 0.1) is 5.82 Å². The molecule has 0 saturated heterocycles. The summed E-state index contributed by atoms with van der Waals surface area (Å²) < 4.78 is 59.5. The molecule has 1 atom stereocenters. The number of aromatic nitrogens is 1. The molecule has 0 bridgehead atoms. The lowest BCUT2D eigenvalue weighted by molar-refractivity contribution is -0.757. The number of halogens is 4. The standard InChI is InChI=1S/C18H17F4N3O3/c1-2-28-16(27)17(18(20,21)22,24-10-12-5-7-14(19)8-6-12)25-15(26)13-4-3-9-23-11-13/h3-9,11,24H,2,10H2,1H3,(H,25,26)/p+1/t17-/m1/s1. The molecule has 0 aliphatic carbocycles. The highest BCUT2D eigenvalue weighted by Crippen LogP contribution is 2.27. The first-order valence-electron chi connectivity index (χ1n) is 8.25. The molecule has 10 heteroatoms. The molecule has 0 spiro atoms. The molecule has 0 radical (unpaired) electrons. The molecule has 1 heterocycles. The molecule has 150 valence electrons. The van der Waals surface area contributed by atoms with Crippen LogP contribution in [0.1, 0.15) is 22.8 Å². The number of quaternary nitrogens is 1. The van der Waals surface area contributed by atoms with E-state index in [9.17, 15) is 27.2 Å². The minimum absolute atomic E-state index is 0.157. The Kier molecular flexibility index (Phi) is 6.68. The van der Waals surface area contributed by atoms with Crippen molar-refractivity contribution >= 4 is 11.9 Å². The van der Waals surface area contributed by atoms with Gasteiger partial charge in [-0.05, 0) is 31.2 Å². The summed E-state index contributed by atoms with van der Waals surface area (Å²) in [4.78, 5) is 28.3. The van der Waals surface area contributed by atoms with Crippen LogP contribution in [0.5, 0.6) is 0 Å². The molecule has 2 rings (SSSR count). The monoisotopic (exact) mass is 400 g/mol. The van der Waals surface area contributed by atoms with E-state index in [0.29, 0.717) is 10.9 Å². The molecule has 0 aliphatic rings. The maximum Gasteiger partial charge on any atom is 0.478 e. The van der Waals surface area contributed by atoms with E-state index in [1.807, 2.05) is 0 Å². The fraction of sp³-hybridized carbons (Fsp3) is 0.278. The van der Waals surface area contributed by atoms with Gasteiger partial charge in [0.25, 0.3) is 5.91 Å². The SMILES string of the molecule is CCOC(=O)[C@](NC(=O)c1cccnc1)([NH2+]Cc1ccc(F)cc1)C(F)(F)F. The minimum Gasteiger partial charge on any atom is -0.460 e. The lowest BCUT2D eigenvalue weighted by atomic mass is 10.1. The molecule has 0 fully saturated rings. The van der Waals surface area contributed by atoms with E-state index in [4.69, 9.17) is 0 Å². The Morgan fingerprint density at radius 1 is 1.18 bits per heavy atom. The lowest BCUT2D eigenvalue weighted by Crippen LogP contribution is -3.06. The molecule has 6 nitrogen and oxygen atoms in total. The predicted molar refractivity (Wildman–Crippen MR) is 89.2 cm³/mol. The molecule has 28 heavy (non-hydrogen) atoms. The maximum absolute atomic E-state index is 14.0. The van der Waals surface area contributed by atoms with Gasteiger partial charge in [-0.3, -0.25) is 15.1 Å². The van der Waals surface area contributed by atoms with Gasteiger partial charge in [-0.2, -0.15) is 13.2 Å². The number of carbonyl (C=O) groups is 2. The minimum atomic E-state index is -5.18. The fourth-order valence-corrected chi connectivity index (χ4v) is 2.37. The summed E-state index contributed by atoms with van der Waals surface area (Å²) in [6, 6.07) is 7.35.